The monoisotopic (exact) mass is 295 g/mol. The zero-order valence-corrected chi connectivity index (χ0v) is 13.2. The van der Waals surface area contributed by atoms with Crippen LogP contribution in [0.1, 0.15) is 38.3 Å². The molecule has 2 aliphatic rings. The molecule has 0 aromatic carbocycles. The van der Waals surface area contributed by atoms with Gasteiger partial charge in [0.2, 0.25) is 0 Å². The van der Waals surface area contributed by atoms with Crippen LogP contribution in [0.25, 0.3) is 0 Å². The lowest BCUT2D eigenvalue weighted by molar-refractivity contribution is 0.0930. The van der Waals surface area contributed by atoms with E-state index in [1.54, 1.807) is 0 Å². The van der Waals surface area contributed by atoms with E-state index in [0.29, 0.717) is 0 Å². The fraction of sp³-hybridized carbons (Fsp3) is 0.857. The third-order valence-electron chi connectivity index (χ3n) is 4.51. The van der Waals surface area contributed by atoms with Gasteiger partial charge in [-0.25, -0.2) is 0 Å². The molecule has 20 heavy (non-hydrogen) atoms. The summed E-state index contributed by atoms with van der Waals surface area (Å²) in [6.45, 7) is 8.77. The first-order chi connectivity index (χ1) is 9.86. The van der Waals surface area contributed by atoms with E-state index in [4.69, 9.17) is 0 Å². The normalized spacial score (nSPS) is 22.4. The summed E-state index contributed by atoms with van der Waals surface area (Å²) >= 11 is 1.47. The van der Waals surface area contributed by atoms with Gasteiger partial charge in [-0.2, -0.15) is 0 Å². The summed E-state index contributed by atoms with van der Waals surface area (Å²) in [4.78, 5) is 5.22. The third-order valence-corrected chi connectivity index (χ3v) is 5.24. The molecule has 1 aliphatic heterocycles. The molecule has 1 aromatic heterocycles. The Balaban J connectivity index is 1.49. The van der Waals surface area contributed by atoms with Crippen LogP contribution in [0.15, 0.2) is 0 Å². The quantitative estimate of drug-likeness (QED) is 0.900. The van der Waals surface area contributed by atoms with E-state index in [0.717, 1.165) is 29.8 Å². The van der Waals surface area contributed by atoms with Crippen molar-refractivity contribution in [3.63, 3.8) is 0 Å². The van der Waals surface area contributed by atoms with Gasteiger partial charge in [0, 0.05) is 56.8 Å². The van der Waals surface area contributed by atoms with E-state index >= 15 is 0 Å². The summed E-state index contributed by atoms with van der Waals surface area (Å²) < 4.78 is 4.08. The molecule has 0 radical (unpaired) electrons. The van der Waals surface area contributed by atoms with Gasteiger partial charge >= 0.3 is 0 Å². The van der Waals surface area contributed by atoms with Crippen molar-refractivity contribution in [3.8, 4) is 0 Å². The number of anilines is 1. The average Bonchev–Trinajstić information content (AvgIpc) is 3.13. The van der Waals surface area contributed by atoms with Crippen molar-refractivity contribution >= 4 is 16.5 Å². The standard InChI is InChI=1S/C14H25N5S/c1-2-15-14-13(16-17-20-14)11-18-7-9-19(10-8-18)12-5-3-4-6-12/h12,15H,2-11H2,1H3. The minimum Gasteiger partial charge on any atom is -0.374 e. The minimum atomic E-state index is 0.871. The minimum absolute atomic E-state index is 0.871. The third kappa shape index (κ3) is 3.30. The van der Waals surface area contributed by atoms with Crippen LogP contribution in [0.4, 0.5) is 5.00 Å². The Morgan fingerprint density at radius 3 is 2.65 bits per heavy atom. The molecule has 112 valence electrons. The molecule has 2 fully saturated rings. The zero-order valence-electron chi connectivity index (χ0n) is 12.3. The maximum absolute atomic E-state index is 4.28. The molecule has 1 N–H and O–H groups in total. The SMILES string of the molecule is CCNc1snnc1CN1CCN(C2CCCC2)CC1. The highest BCUT2D eigenvalue weighted by molar-refractivity contribution is 7.10. The smallest absolute Gasteiger partial charge is 0.134 e. The van der Waals surface area contributed by atoms with Crippen molar-refractivity contribution in [2.45, 2.75) is 45.2 Å². The van der Waals surface area contributed by atoms with Crippen molar-refractivity contribution in [2.75, 3.05) is 38.0 Å². The van der Waals surface area contributed by atoms with Crippen LogP contribution in [0.2, 0.25) is 0 Å². The molecule has 0 amide bonds. The van der Waals surface area contributed by atoms with Crippen LogP contribution >= 0.6 is 11.5 Å². The largest absolute Gasteiger partial charge is 0.374 e. The van der Waals surface area contributed by atoms with Gasteiger partial charge in [0.1, 0.15) is 10.7 Å². The fourth-order valence-electron chi connectivity index (χ4n) is 3.37. The second-order valence-electron chi connectivity index (χ2n) is 5.83. The molecule has 5 nitrogen and oxygen atoms in total. The molecule has 6 heteroatoms. The number of nitrogens with one attached hydrogen (secondary N) is 1. The van der Waals surface area contributed by atoms with Gasteiger partial charge in [0.15, 0.2) is 0 Å². The first-order valence-electron chi connectivity index (χ1n) is 7.88. The molecule has 3 rings (SSSR count). The van der Waals surface area contributed by atoms with Gasteiger partial charge in [-0.1, -0.05) is 17.3 Å². The van der Waals surface area contributed by atoms with Gasteiger partial charge in [-0.3, -0.25) is 9.80 Å². The number of aromatic nitrogens is 2. The molecule has 1 aromatic rings. The van der Waals surface area contributed by atoms with Crippen LogP contribution < -0.4 is 5.32 Å². The Morgan fingerprint density at radius 1 is 1.20 bits per heavy atom. The number of nitrogens with zero attached hydrogens (tertiary/aromatic N) is 4. The van der Waals surface area contributed by atoms with E-state index in [1.807, 2.05) is 0 Å². The lowest BCUT2D eigenvalue weighted by Crippen LogP contribution is -2.49. The maximum atomic E-state index is 4.28. The highest BCUT2D eigenvalue weighted by Crippen LogP contribution is 2.25. The predicted molar refractivity (Wildman–Crippen MR) is 83.2 cm³/mol. The highest BCUT2D eigenvalue weighted by atomic mass is 32.1. The number of rotatable bonds is 5. The number of hydrogen-bond acceptors (Lipinski definition) is 6. The van der Waals surface area contributed by atoms with Crippen LogP contribution in [0.5, 0.6) is 0 Å². The van der Waals surface area contributed by atoms with Crippen LogP contribution in [0.3, 0.4) is 0 Å². The fourth-order valence-corrected chi connectivity index (χ4v) is 4.02. The lowest BCUT2D eigenvalue weighted by Gasteiger charge is -2.37. The van der Waals surface area contributed by atoms with Crippen molar-refractivity contribution in [1.82, 2.24) is 19.4 Å². The Bertz CT molecular complexity index is 407. The topological polar surface area (TPSA) is 44.3 Å². The van der Waals surface area contributed by atoms with E-state index in [9.17, 15) is 0 Å². The predicted octanol–water partition coefficient (Wildman–Crippen LogP) is 2.03. The molecule has 1 saturated heterocycles. The molecular formula is C14H25N5S. The van der Waals surface area contributed by atoms with Crippen molar-refractivity contribution in [1.29, 1.82) is 0 Å². The zero-order chi connectivity index (χ0) is 13.8. The Labute approximate surface area is 125 Å². The molecule has 0 bridgehead atoms. The first kappa shape index (κ1) is 14.2. The van der Waals surface area contributed by atoms with Crippen molar-refractivity contribution in [3.05, 3.63) is 5.69 Å². The molecule has 0 atom stereocenters. The van der Waals surface area contributed by atoms with Crippen LogP contribution in [-0.2, 0) is 6.54 Å². The van der Waals surface area contributed by atoms with Crippen LogP contribution in [-0.4, -0.2) is 58.2 Å². The Kier molecular flexibility index (Phi) is 4.86. The van der Waals surface area contributed by atoms with E-state index in [-0.39, 0.29) is 0 Å². The first-order valence-corrected chi connectivity index (χ1v) is 8.65. The van der Waals surface area contributed by atoms with Gasteiger partial charge < -0.3 is 5.32 Å². The number of hydrogen-bond donors (Lipinski definition) is 1. The lowest BCUT2D eigenvalue weighted by atomic mass is 10.2. The molecule has 0 unspecified atom stereocenters. The van der Waals surface area contributed by atoms with E-state index in [2.05, 4.69) is 31.6 Å². The van der Waals surface area contributed by atoms with Gasteiger partial charge in [-0.15, -0.1) is 5.10 Å². The summed E-state index contributed by atoms with van der Waals surface area (Å²) in [5.41, 5.74) is 1.12. The summed E-state index contributed by atoms with van der Waals surface area (Å²) in [6.07, 6.45) is 5.70. The van der Waals surface area contributed by atoms with E-state index < -0.39 is 0 Å². The number of piperazine rings is 1. The van der Waals surface area contributed by atoms with Crippen molar-refractivity contribution in [2.24, 2.45) is 0 Å². The Hall–Kier alpha value is -0.720. The summed E-state index contributed by atoms with van der Waals surface area (Å²) in [7, 11) is 0. The highest BCUT2D eigenvalue weighted by Gasteiger charge is 2.26. The summed E-state index contributed by atoms with van der Waals surface area (Å²) in [5.74, 6) is 0. The molecule has 0 spiro atoms. The van der Waals surface area contributed by atoms with Crippen molar-refractivity contribution < 1.29 is 0 Å². The molecule has 1 aliphatic carbocycles. The molecule has 1 saturated carbocycles. The maximum Gasteiger partial charge on any atom is 0.134 e. The second-order valence-corrected chi connectivity index (χ2v) is 6.58. The average molecular weight is 295 g/mol. The molecule has 2 heterocycles. The van der Waals surface area contributed by atoms with E-state index in [1.165, 1.54) is 63.4 Å². The van der Waals surface area contributed by atoms with Gasteiger partial charge in [0.05, 0.1) is 0 Å². The van der Waals surface area contributed by atoms with Gasteiger partial charge in [-0.05, 0) is 19.8 Å². The second kappa shape index (κ2) is 6.83. The molecular weight excluding hydrogens is 270 g/mol. The Morgan fingerprint density at radius 2 is 1.95 bits per heavy atom. The van der Waals surface area contributed by atoms with Crippen LogP contribution in [0, 0.1) is 0 Å². The summed E-state index contributed by atoms with van der Waals surface area (Å²) in [6, 6.07) is 0.871. The summed E-state index contributed by atoms with van der Waals surface area (Å²) in [5, 5.41) is 8.78. The van der Waals surface area contributed by atoms with Gasteiger partial charge in [0.25, 0.3) is 0 Å².